The molecule has 33 heavy (non-hydrogen) atoms. The van der Waals surface area contributed by atoms with Gasteiger partial charge in [0.15, 0.2) is 0 Å². The quantitative estimate of drug-likeness (QED) is 0.366. The summed E-state index contributed by atoms with van der Waals surface area (Å²) in [5.41, 5.74) is 4.10. The van der Waals surface area contributed by atoms with Crippen LogP contribution in [0.2, 0.25) is 0 Å². The van der Waals surface area contributed by atoms with Gasteiger partial charge < -0.3 is 9.84 Å². The molecular weight excluding hydrogens is 432 g/mol. The Morgan fingerprint density at radius 1 is 0.970 bits per heavy atom. The lowest BCUT2D eigenvalue weighted by atomic mass is 9.94. The van der Waals surface area contributed by atoms with Gasteiger partial charge in [-0.25, -0.2) is 4.79 Å². The summed E-state index contributed by atoms with van der Waals surface area (Å²) in [6.45, 7) is 1.92. The number of benzene rings is 3. The largest absolute Gasteiger partial charge is 0.334 e. The Morgan fingerprint density at radius 3 is 2.42 bits per heavy atom. The fraction of sp³-hybridized carbons (Fsp3) is 0.115. The van der Waals surface area contributed by atoms with Crippen LogP contribution in [0, 0.1) is 0 Å². The first-order chi connectivity index (χ1) is 16.2. The minimum absolute atomic E-state index is 0.203. The molecule has 2 amide bonds. The third-order valence-corrected chi connectivity index (χ3v) is 6.34. The normalized spacial score (nSPS) is 16.1. The standard InChI is InChI=1S/C26H22N4O2S/c1-17-22(25-28-24(29-32-25)19-12-7-4-8-13-19)23(18-10-5-3-6-11-18)27-26(31)30(17)20-14-9-15-21(16-20)33-2/h3-16,23H,1-2H3,(H,27,31). The fourth-order valence-corrected chi connectivity index (χ4v) is 4.47. The van der Waals surface area contributed by atoms with Crippen LogP contribution >= 0.6 is 11.8 Å². The number of allylic oxidation sites excluding steroid dienone is 1. The number of carbonyl (C=O) groups excluding carboxylic acids is 1. The molecule has 1 N–H and O–H groups in total. The molecule has 3 aromatic carbocycles. The Morgan fingerprint density at radius 2 is 1.70 bits per heavy atom. The van der Waals surface area contributed by atoms with Crippen molar-refractivity contribution < 1.29 is 9.32 Å². The van der Waals surface area contributed by atoms with Gasteiger partial charge in [0.05, 0.1) is 17.3 Å². The predicted molar refractivity (Wildman–Crippen MR) is 131 cm³/mol. The summed E-state index contributed by atoms with van der Waals surface area (Å²) < 4.78 is 5.74. The van der Waals surface area contributed by atoms with Gasteiger partial charge in [-0.2, -0.15) is 4.98 Å². The zero-order valence-electron chi connectivity index (χ0n) is 18.2. The molecule has 0 spiro atoms. The molecule has 0 fully saturated rings. The molecule has 1 atom stereocenters. The maximum atomic E-state index is 13.3. The highest BCUT2D eigenvalue weighted by molar-refractivity contribution is 7.98. The first-order valence-corrected chi connectivity index (χ1v) is 11.8. The third-order valence-electron chi connectivity index (χ3n) is 5.62. The maximum absolute atomic E-state index is 13.3. The second-order valence-corrected chi connectivity index (χ2v) is 8.50. The van der Waals surface area contributed by atoms with Crippen molar-refractivity contribution in [1.82, 2.24) is 15.5 Å². The highest BCUT2D eigenvalue weighted by atomic mass is 32.2. The number of thioether (sulfide) groups is 1. The van der Waals surface area contributed by atoms with E-state index in [0.717, 1.165) is 33.0 Å². The van der Waals surface area contributed by atoms with Gasteiger partial charge in [0.25, 0.3) is 5.89 Å². The van der Waals surface area contributed by atoms with Crippen molar-refractivity contribution in [1.29, 1.82) is 0 Å². The number of amides is 2. The first kappa shape index (κ1) is 21.0. The van der Waals surface area contributed by atoms with E-state index in [9.17, 15) is 4.79 Å². The number of rotatable bonds is 5. The molecular formula is C26H22N4O2S. The molecule has 0 aliphatic carbocycles. The zero-order valence-corrected chi connectivity index (χ0v) is 19.0. The monoisotopic (exact) mass is 454 g/mol. The van der Waals surface area contributed by atoms with Crippen LogP contribution in [0.5, 0.6) is 0 Å². The summed E-state index contributed by atoms with van der Waals surface area (Å²) in [4.78, 5) is 20.7. The van der Waals surface area contributed by atoms with Gasteiger partial charge in [-0.1, -0.05) is 71.9 Å². The van der Waals surface area contributed by atoms with Crippen molar-refractivity contribution in [2.24, 2.45) is 0 Å². The van der Waals surface area contributed by atoms with Crippen LogP contribution in [0.1, 0.15) is 24.4 Å². The Labute approximate surface area is 196 Å². The van der Waals surface area contributed by atoms with E-state index >= 15 is 0 Å². The fourth-order valence-electron chi connectivity index (χ4n) is 4.01. The molecule has 4 aromatic rings. The van der Waals surface area contributed by atoms with Crippen LogP contribution in [-0.4, -0.2) is 22.4 Å². The number of anilines is 1. The van der Waals surface area contributed by atoms with E-state index in [2.05, 4.69) is 10.5 Å². The van der Waals surface area contributed by atoms with Gasteiger partial charge in [-0.3, -0.25) is 4.90 Å². The molecule has 5 rings (SSSR count). The predicted octanol–water partition coefficient (Wildman–Crippen LogP) is 6.16. The van der Waals surface area contributed by atoms with Crippen LogP contribution in [0.15, 0.2) is 100 Å². The van der Waals surface area contributed by atoms with Crippen molar-refractivity contribution in [3.8, 4) is 11.4 Å². The molecule has 6 nitrogen and oxygen atoms in total. The molecule has 1 aromatic heterocycles. The van der Waals surface area contributed by atoms with E-state index < -0.39 is 6.04 Å². The van der Waals surface area contributed by atoms with Crippen molar-refractivity contribution in [3.63, 3.8) is 0 Å². The Hall–Kier alpha value is -3.84. The van der Waals surface area contributed by atoms with Gasteiger partial charge in [0.2, 0.25) is 5.82 Å². The summed E-state index contributed by atoms with van der Waals surface area (Å²) in [7, 11) is 0. The molecule has 0 saturated carbocycles. The number of hydrogen-bond acceptors (Lipinski definition) is 5. The van der Waals surface area contributed by atoms with Crippen LogP contribution in [0.3, 0.4) is 0 Å². The number of urea groups is 1. The van der Waals surface area contributed by atoms with E-state index in [1.54, 1.807) is 16.7 Å². The van der Waals surface area contributed by atoms with Gasteiger partial charge in [0.1, 0.15) is 0 Å². The third kappa shape index (κ3) is 4.03. The SMILES string of the molecule is CSc1cccc(N2C(=O)NC(c3ccccc3)C(c3nc(-c4ccccc4)no3)=C2C)c1. The molecule has 7 heteroatoms. The van der Waals surface area contributed by atoms with E-state index in [1.807, 2.05) is 98.1 Å². The van der Waals surface area contributed by atoms with Gasteiger partial charge >= 0.3 is 6.03 Å². The number of carbonyl (C=O) groups is 1. The highest BCUT2D eigenvalue weighted by Gasteiger charge is 2.36. The molecule has 1 aliphatic rings. The lowest BCUT2D eigenvalue weighted by Crippen LogP contribution is -2.46. The van der Waals surface area contributed by atoms with Gasteiger partial charge in [-0.15, -0.1) is 11.8 Å². The van der Waals surface area contributed by atoms with Crippen molar-refractivity contribution in [2.45, 2.75) is 17.9 Å². The van der Waals surface area contributed by atoms with Crippen LogP contribution in [-0.2, 0) is 0 Å². The lowest BCUT2D eigenvalue weighted by Gasteiger charge is -2.35. The van der Waals surface area contributed by atoms with Crippen LogP contribution in [0.25, 0.3) is 17.0 Å². The average Bonchev–Trinajstić information content (AvgIpc) is 3.35. The molecule has 0 saturated heterocycles. The van der Waals surface area contributed by atoms with Crippen molar-refractivity contribution >= 4 is 29.1 Å². The second kappa shape index (κ2) is 8.96. The smallest absolute Gasteiger partial charge is 0.326 e. The lowest BCUT2D eigenvalue weighted by molar-refractivity contribution is 0.244. The number of nitrogens with zero attached hydrogens (tertiary/aromatic N) is 3. The Kier molecular flexibility index (Phi) is 5.71. The summed E-state index contributed by atoms with van der Waals surface area (Å²) >= 11 is 1.63. The summed E-state index contributed by atoms with van der Waals surface area (Å²) in [5, 5.41) is 7.35. The van der Waals surface area contributed by atoms with E-state index in [4.69, 9.17) is 9.51 Å². The number of hydrogen-bond donors (Lipinski definition) is 1. The van der Waals surface area contributed by atoms with Gasteiger partial charge in [0, 0.05) is 16.2 Å². The zero-order chi connectivity index (χ0) is 22.8. The first-order valence-electron chi connectivity index (χ1n) is 10.6. The van der Waals surface area contributed by atoms with E-state index in [-0.39, 0.29) is 6.03 Å². The summed E-state index contributed by atoms with van der Waals surface area (Å²) in [6, 6.07) is 26.8. The maximum Gasteiger partial charge on any atom is 0.326 e. The number of nitrogens with one attached hydrogen (secondary N) is 1. The van der Waals surface area contributed by atoms with E-state index in [0.29, 0.717) is 11.7 Å². The summed E-state index contributed by atoms with van der Waals surface area (Å²) in [5.74, 6) is 0.886. The summed E-state index contributed by atoms with van der Waals surface area (Å²) in [6.07, 6.45) is 2.01. The Balaban J connectivity index is 1.66. The van der Waals surface area contributed by atoms with Crippen LogP contribution in [0.4, 0.5) is 10.5 Å². The molecule has 164 valence electrons. The minimum atomic E-state index is -0.414. The van der Waals surface area contributed by atoms with Crippen molar-refractivity contribution in [3.05, 3.63) is 102 Å². The molecule has 0 radical (unpaired) electrons. The number of aromatic nitrogens is 2. The average molecular weight is 455 g/mol. The van der Waals surface area contributed by atoms with Crippen LogP contribution < -0.4 is 10.2 Å². The highest BCUT2D eigenvalue weighted by Crippen LogP contribution is 2.39. The molecule has 1 unspecified atom stereocenters. The minimum Gasteiger partial charge on any atom is -0.334 e. The Bertz CT molecular complexity index is 1320. The second-order valence-electron chi connectivity index (χ2n) is 7.62. The van der Waals surface area contributed by atoms with Gasteiger partial charge in [-0.05, 0) is 36.9 Å². The van der Waals surface area contributed by atoms with E-state index in [1.165, 1.54) is 0 Å². The topological polar surface area (TPSA) is 71.3 Å². The molecule has 2 heterocycles. The molecule has 0 bridgehead atoms. The molecule has 1 aliphatic heterocycles. The van der Waals surface area contributed by atoms with Crippen molar-refractivity contribution in [2.75, 3.05) is 11.2 Å².